The van der Waals surface area contributed by atoms with E-state index in [4.69, 9.17) is 4.74 Å². The maximum Gasteiger partial charge on any atom is 0.408 e. The third kappa shape index (κ3) is 3.23. The molecule has 0 aromatic heterocycles. The molecule has 3 aliphatic rings. The van der Waals surface area contributed by atoms with Gasteiger partial charge in [0.15, 0.2) is 0 Å². The van der Waals surface area contributed by atoms with Gasteiger partial charge in [-0.1, -0.05) is 48.5 Å². The van der Waals surface area contributed by atoms with Gasteiger partial charge < -0.3 is 20.5 Å². The highest BCUT2D eigenvalue weighted by Gasteiger charge is 2.52. The van der Waals surface area contributed by atoms with Gasteiger partial charge in [-0.2, -0.15) is 0 Å². The number of carbonyl (C=O) groups is 3. The number of alkyl carbamates (subject to hydrolysis) is 1. The summed E-state index contributed by atoms with van der Waals surface area (Å²) in [6.07, 6.45) is 2.66. The van der Waals surface area contributed by atoms with Crippen LogP contribution in [0.2, 0.25) is 0 Å². The molecular weight excluding hydrogens is 408 g/mol. The van der Waals surface area contributed by atoms with Crippen molar-refractivity contribution in [2.75, 3.05) is 6.61 Å². The molecule has 3 aliphatic carbocycles. The normalized spacial score (nSPS) is 19.5. The molecule has 2 aromatic carbocycles. The molecule has 0 unspecified atom stereocenters. The summed E-state index contributed by atoms with van der Waals surface area (Å²) >= 11 is 0. The van der Waals surface area contributed by atoms with Crippen LogP contribution >= 0.6 is 0 Å². The number of carbonyl (C=O) groups excluding carboxylic acids is 2. The number of rotatable bonds is 6. The zero-order valence-electron chi connectivity index (χ0n) is 17.7. The summed E-state index contributed by atoms with van der Waals surface area (Å²) in [4.78, 5) is 37.2. The number of hydrogen-bond acceptors (Lipinski definition) is 4. The fraction of sp³-hybridized carbons (Fsp3) is 0.400. The molecule has 32 heavy (non-hydrogen) atoms. The Kier molecular flexibility index (Phi) is 4.92. The summed E-state index contributed by atoms with van der Waals surface area (Å²) in [5.74, 6) is -1.52. The molecule has 2 fully saturated rings. The van der Waals surface area contributed by atoms with E-state index in [-0.39, 0.29) is 12.5 Å². The molecule has 3 N–H and O–H groups in total. The van der Waals surface area contributed by atoms with E-state index < -0.39 is 29.0 Å². The summed E-state index contributed by atoms with van der Waals surface area (Å²) in [5.41, 5.74) is 2.22. The molecular formula is C25H26N2O5. The van der Waals surface area contributed by atoms with E-state index >= 15 is 0 Å². The number of amides is 2. The second-order valence-corrected chi connectivity index (χ2v) is 9.08. The van der Waals surface area contributed by atoms with E-state index in [2.05, 4.69) is 22.8 Å². The number of fused-ring (bicyclic) bond motifs is 3. The van der Waals surface area contributed by atoms with Crippen molar-refractivity contribution in [3.8, 4) is 11.1 Å². The van der Waals surface area contributed by atoms with Crippen molar-refractivity contribution >= 4 is 18.0 Å². The first-order chi connectivity index (χ1) is 15.4. The van der Waals surface area contributed by atoms with E-state index in [1.54, 1.807) is 0 Å². The first-order valence-electron chi connectivity index (χ1n) is 11.1. The Hall–Kier alpha value is -3.35. The minimum absolute atomic E-state index is 0.0652. The first-order valence-corrected chi connectivity index (χ1v) is 11.1. The Balaban J connectivity index is 1.26. The maximum atomic E-state index is 12.9. The Bertz CT molecular complexity index is 1040. The highest BCUT2D eigenvalue weighted by molar-refractivity contribution is 5.95. The van der Waals surface area contributed by atoms with Crippen LogP contribution in [0.5, 0.6) is 0 Å². The van der Waals surface area contributed by atoms with Gasteiger partial charge in [0.2, 0.25) is 5.91 Å². The number of aliphatic carboxylic acids is 1. The molecule has 0 radical (unpaired) electrons. The van der Waals surface area contributed by atoms with Crippen LogP contribution < -0.4 is 10.6 Å². The van der Waals surface area contributed by atoms with Crippen LogP contribution in [0.1, 0.15) is 55.6 Å². The lowest BCUT2D eigenvalue weighted by Crippen LogP contribution is -2.69. The largest absolute Gasteiger partial charge is 0.480 e. The number of carboxylic acids is 1. The van der Waals surface area contributed by atoms with Crippen LogP contribution in [-0.4, -0.2) is 40.8 Å². The molecule has 0 spiro atoms. The standard InChI is InChI=1S/C25H26N2O5/c28-21(26-25(22(29)30)13-6-14-25)24(11-5-12-24)27-23(31)32-15-20-18-9-3-1-7-16(18)17-8-2-4-10-19(17)20/h1-4,7-10,20H,5-6,11-15H2,(H,26,28)(H,27,31)(H,29,30). The zero-order valence-corrected chi connectivity index (χ0v) is 17.7. The Morgan fingerprint density at radius 3 is 1.84 bits per heavy atom. The lowest BCUT2D eigenvalue weighted by molar-refractivity contribution is -0.153. The average molecular weight is 434 g/mol. The number of ether oxygens (including phenoxy) is 1. The zero-order chi connectivity index (χ0) is 22.3. The predicted molar refractivity (Wildman–Crippen MR) is 117 cm³/mol. The molecule has 7 heteroatoms. The fourth-order valence-electron chi connectivity index (χ4n) is 5.03. The Morgan fingerprint density at radius 2 is 1.38 bits per heavy atom. The van der Waals surface area contributed by atoms with Crippen molar-refractivity contribution in [1.82, 2.24) is 10.6 Å². The summed E-state index contributed by atoms with van der Waals surface area (Å²) in [6.45, 7) is 0.163. The molecule has 0 bridgehead atoms. The average Bonchev–Trinajstić information content (AvgIpc) is 3.05. The quantitative estimate of drug-likeness (QED) is 0.645. The van der Waals surface area contributed by atoms with E-state index in [1.165, 1.54) is 0 Å². The van der Waals surface area contributed by atoms with Gasteiger partial charge in [-0.25, -0.2) is 9.59 Å². The van der Waals surface area contributed by atoms with Crippen LogP contribution in [0.15, 0.2) is 48.5 Å². The molecule has 5 rings (SSSR count). The Morgan fingerprint density at radius 1 is 0.844 bits per heavy atom. The minimum Gasteiger partial charge on any atom is -0.480 e. The summed E-state index contributed by atoms with van der Waals surface area (Å²) in [5, 5.41) is 14.9. The highest BCUT2D eigenvalue weighted by Crippen LogP contribution is 2.44. The molecule has 7 nitrogen and oxygen atoms in total. The molecule has 166 valence electrons. The third-order valence-electron chi connectivity index (χ3n) is 7.30. The van der Waals surface area contributed by atoms with Gasteiger partial charge in [-0.15, -0.1) is 0 Å². The molecule has 0 saturated heterocycles. The fourth-order valence-corrected chi connectivity index (χ4v) is 5.03. The third-order valence-corrected chi connectivity index (χ3v) is 7.30. The van der Waals surface area contributed by atoms with Crippen molar-refractivity contribution in [2.45, 2.75) is 55.5 Å². The lowest BCUT2D eigenvalue weighted by Gasteiger charge is -2.45. The molecule has 2 aromatic rings. The van der Waals surface area contributed by atoms with E-state index in [1.807, 2.05) is 36.4 Å². The van der Waals surface area contributed by atoms with Gasteiger partial charge in [-0.3, -0.25) is 4.79 Å². The van der Waals surface area contributed by atoms with E-state index in [0.717, 1.165) is 35.1 Å². The predicted octanol–water partition coefficient (Wildman–Crippen LogP) is 3.57. The van der Waals surface area contributed by atoms with E-state index in [0.29, 0.717) is 25.7 Å². The smallest absolute Gasteiger partial charge is 0.408 e. The number of nitrogens with one attached hydrogen (secondary N) is 2. The second kappa shape index (κ2) is 7.65. The van der Waals surface area contributed by atoms with Crippen molar-refractivity contribution in [2.24, 2.45) is 0 Å². The molecule has 0 aliphatic heterocycles. The second-order valence-electron chi connectivity index (χ2n) is 9.08. The van der Waals surface area contributed by atoms with Gasteiger partial charge in [0.25, 0.3) is 0 Å². The van der Waals surface area contributed by atoms with E-state index in [9.17, 15) is 19.5 Å². The number of hydrogen-bond donors (Lipinski definition) is 3. The van der Waals surface area contributed by atoms with Crippen molar-refractivity contribution in [3.05, 3.63) is 59.7 Å². The Labute approximate surface area is 186 Å². The summed E-state index contributed by atoms with van der Waals surface area (Å²) in [6, 6.07) is 16.2. The maximum absolute atomic E-state index is 12.9. The monoisotopic (exact) mass is 434 g/mol. The van der Waals surface area contributed by atoms with Gasteiger partial charge in [0.05, 0.1) is 0 Å². The van der Waals surface area contributed by atoms with Crippen LogP contribution in [0.4, 0.5) is 4.79 Å². The van der Waals surface area contributed by atoms with Crippen molar-refractivity contribution in [3.63, 3.8) is 0 Å². The topological polar surface area (TPSA) is 105 Å². The van der Waals surface area contributed by atoms with Gasteiger partial charge in [-0.05, 0) is 60.8 Å². The SMILES string of the molecule is O=C(NC1(C(=O)NC2(C(=O)O)CCC2)CCC1)OCC1c2ccccc2-c2ccccc21. The summed E-state index contributed by atoms with van der Waals surface area (Å²) < 4.78 is 5.59. The minimum atomic E-state index is -1.21. The number of benzene rings is 2. The first kappa shape index (κ1) is 20.5. The van der Waals surface area contributed by atoms with Crippen molar-refractivity contribution < 1.29 is 24.2 Å². The van der Waals surface area contributed by atoms with Crippen LogP contribution in [0.3, 0.4) is 0 Å². The number of carboxylic acid groups (broad SMARTS) is 1. The van der Waals surface area contributed by atoms with Crippen LogP contribution in [-0.2, 0) is 14.3 Å². The van der Waals surface area contributed by atoms with Gasteiger partial charge in [0.1, 0.15) is 17.7 Å². The van der Waals surface area contributed by atoms with Crippen LogP contribution in [0.25, 0.3) is 11.1 Å². The highest BCUT2D eigenvalue weighted by atomic mass is 16.5. The molecule has 2 amide bonds. The van der Waals surface area contributed by atoms with Crippen molar-refractivity contribution in [1.29, 1.82) is 0 Å². The van der Waals surface area contributed by atoms with Crippen LogP contribution in [0, 0.1) is 0 Å². The molecule has 0 atom stereocenters. The molecule has 0 heterocycles. The van der Waals surface area contributed by atoms with Gasteiger partial charge in [0, 0.05) is 5.92 Å². The lowest BCUT2D eigenvalue weighted by atomic mass is 9.72. The molecule has 2 saturated carbocycles. The summed E-state index contributed by atoms with van der Waals surface area (Å²) in [7, 11) is 0. The van der Waals surface area contributed by atoms with Gasteiger partial charge >= 0.3 is 12.1 Å².